The van der Waals surface area contributed by atoms with Crippen LogP contribution < -0.4 is 10.6 Å². The maximum absolute atomic E-state index is 10.9. The molecule has 0 fully saturated rings. The number of hydrogen-bond acceptors (Lipinski definition) is 8. The molecule has 2 aromatic carbocycles. The minimum Gasteiger partial charge on any atom is -0.465 e. The summed E-state index contributed by atoms with van der Waals surface area (Å²) in [6.07, 6.45) is 1.77. The molecule has 1 heterocycles. The molecule has 0 aliphatic rings. The molecule has 3 aromatic rings. The van der Waals surface area contributed by atoms with Gasteiger partial charge in [-0.3, -0.25) is 4.79 Å². The van der Waals surface area contributed by atoms with Crippen molar-refractivity contribution in [1.29, 1.82) is 0 Å². The van der Waals surface area contributed by atoms with Crippen LogP contribution >= 0.6 is 0 Å². The van der Waals surface area contributed by atoms with E-state index < -0.39 is 5.97 Å². The van der Waals surface area contributed by atoms with E-state index in [1.54, 1.807) is 18.2 Å². The number of aromatic nitrogens is 2. The molecule has 0 radical (unpaired) electrons. The number of para-hydroxylation sites is 1. The van der Waals surface area contributed by atoms with Crippen LogP contribution in [0.1, 0.15) is 39.9 Å². The lowest BCUT2D eigenvalue weighted by molar-refractivity contribution is 0.0600. The van der Waals surface area contributed by atoms with Crippen molar-refractivity contribution >= 4 is 29.0 Å². The Morgan fingerprint density at radius 2 is 1.88 bits per heavy atom. The smallest absolute Gasteiger partial charge is 0.337 e. The molecule has 0 bridgehead atoms. The molecule has 176 valence electrons. The molecule has 33 heavy (non-hydrogen) atoms. The highest BCUT2D eigenvalue weighted by atomic mass is 16.5. The summed E-state index contributed by atoms with van der Waals surface area (Å²) in [5, 5.41) is 7.87. The van der Waals surface area contributed by atoms with Crippen LogP contribution in [0.2, 0.25) is 0 Å². The monoisotopic (exact) mass is 451 g/mol. The first-order valence-electron chi connectivity index (χ1n) is 11.0. The Morgan fingerprint density at radius 3 is 2.58 bits per heavy atom. The van der Waals surface area contributed by atoms with Gasteiger partial charge in [0, 0.05) is 17.5 Å². The average molecular weight is 452 g/mol. The number of aldehydes is 1. The Balaban J connectivity index is 0.000000273. The second kappa shape index (κ2) is 13.9. The van der Waals surface area contributed by atoms with Gasteiger partial charge in [-0.05, 0) is 57.9 Å². The van der Waals surface area contributed by atoms with Crippen molar-refractivity contribution in [2.45, 2.75) is 19.9 Å². The van der Waals surface area contributed by atoms with Gasteiger partial charge in [-0.2, -0.15) is 0 Å². The van der Waals surface area contributed by atoms with Gasteiger partial charge < -0.3 is 20.3 Å². The fourth-order valence-electron chi connectivity index (χ4n) is 3.07. The molecule has 1 aromatic heterocycles. The molecule has 0 aliphatic carbocycles. The van der Waals surface area contributed by atoms with Crippen molar-refractivity contribution in [3.8, 4) is 0 Å². The second-order valence-corrected chi connectivity index (χ2v) is 7.61. The number of rotatable bonds is 10. The highest BCUT2D eigenvalue weighted by Crippen LogP contribution is 2.20. The van der Waals surface area contributed by atoms with E-state index in [4.69, 9.17) is 0 Å². The normalized spacial score (nSPS) is 10.5. The molecule has 0 atom stereocenters. The van der Waals surface area contributed by atoms with Crippen LogP contribution in [-0.2, 0) is 11.3 Å². The van der Waals surface area contributed by atoms with Crippen LogP contribution in [-0.4, -0.2) is 68.0 Å². The summed E-state index contributed by atoms with van der Waals surface area (Å²) >= 11 is 0. The van der Waals surface area contributed by atoms with Crippen molar-refractivity contribution in [2.75, 3.05) is 46.2 Å². The van der Waals surface area contributed by atoms with Gasteiger partial charge >= 0.3 is 5.97 Å². The van der Waals surface area contributed by atoms with E-state index in [1.807, 2.05) is 32.3 Å². The van der Waals surface area contributed by atoms with Gasteiger partial charge in [-0.25, -0.2) is 14.8 Å². The van der Waals surface area contributed by atoms with Crippen LogP contribution in [0.5, 0.6) is 0 Å². The Bertz CT molecular complexity index is 1040. The third-order valence-corrected chi connectivity index (χ3v) is 4.62. The van der Waals surface area contributed by atoms with E-state index in [1.165, 1.54) is 13.2 Å². The van der Waals surface area contributed by atoms with Crippen molar-refractivity contribution in [3.63, 3.8) is 0 Å². The van der Waals surface area contributed by atoms with Gasteiger partial charge in [0.05, 0.1) is 24.7 Å². The fourth-order valence-corrected chi connectivity index (χ4v) is 3.07. The third kappa shape index (κ3) is 8.59. The van der Waals surface area contributed by atoms with E-state index in [-0.39, 0.29) is 0 Å². The molecule has 0 unspecified atom stereocenters. The predicted molar refractivity (Wildman–Crippen MR) is 132 cm³/mol. The zero-order valence-electron chi connectivity index (χ0n) is 19.8. The van der Waals surface area contributed by atoms with E-state index in [2.05, 4.69) is 43.2 Å². The minimum atomic E-state index is -0.432. The van der Waals surface area contributed by atoms with Crippen molar-refractivity contribution in [1.82, 2.24) is 20.2 Å². The first-order valence-corrected chi connectivity index (χ1v) is 11.0. The Labute approximate surface area is 195 Å². The van der Waals surface area contributed by atoms with Crippen molar-refractivity contribution < 1.29 is 14.3 Å². The maximum Gasteiger partial charge on any atom is 0.337 e. The molecule has 3 rings (SSSR count). The van der Waals surface area contributed by atoms with Crippen LogP contribution in [0.25, 0.3) is 10.9 Å². The van der Waals surface area contributed by atoms with Gasteiger partial charge in [0.1, 0.15) is 17.9 Å². The number of methoxy groups -OCH3 is 1. The van der Waals surface area contributed by atoms with Crippen LogP contribution in [0, 0.1) is 0 Å². The van der Waals surface area contributed by atoms with Gasteiger partial charge in [0.25, 0.3) is 0 Å². The number of ether oxygens (including phenoxy) is 1. The molecule has 0 spiro atoms. The number of hydrogen-bond donors (Lipinski definition) is 2. The molecule has 2 N–H and O–H groups in total. The number of benzene rings is 2. The topological polar surface area (TPSA) is 96.4 Å². The molecule has 0 saturated heterocycles. The lowest BCUT2D eigenvalue weighted by Gasteiger charge is -2.13. The molecule has 0 aliphatic heterocycles. The summed E-state index contributed by atoms with van der Waals surface area (Å²) in [5.74, 6) is 1.36. The molecule has 0 amide bonds. The molecule has 0 saturated carbocycles. The number of fused-ring (bicyclic) bond motifs is 1. The van der Waals surface area contributed by atoms with E-state index in [0.29, 0.717) is 17.4 Å². The first-order chi connectivity index (χ1) is 16.0. The molecular formula is C25H33N5O3. The molecule has 8 heteroatoms. The zero-order chi connectivity index (χ0) is 24.1. The molecular weight excluding hydrogens is 418 g/mol. The quantitative estimate of drug-likeness (QED) is 0.275. The first kappa shape index (κ1) is 25.9. The van der Waals surface area contributed by atoms with Crippen LogP contribution in [0.15, 0.2) is 48.5 Å². The summed E-state index contributed by atoms with van der Waals surface area (Å²) in [5.41, 5.74) is 1.86. The summed E-state index contributed by atoms with van der Waals surface area (Å²) in [6, 6.07) is 14.5. The van der Waals surface area contributed by atoms with Gasteiger partial charge in [0.15, 0.2) is 0 Å². The van der Waals surface area contributed by atoms with Crippen molar-refractivity contribution in [2.24, 2.45) is 0 Å². The second-order valence-electron chi connectivity index (χ2n) is 7.61. The summed E-state index contributed by atoms with van der Waals surface area (Å²) in [6.45, 7) is 5.83. The number of carbonyl (C=O) groups excluding carboxylic acids is 2. The highest BCUT2D eigenvalue weighted by molar-refractivity contribution is 5.91. The Hall–Kier alpha value is -3.36. The SMILES string of the molecule is CCNCCCNc1nc(CN(C)C)nc2ccccc12.COC(=O)c1cccc(C=O)c1. The standard InChI is InChI=1S/C16H25N5.C9H8O3/c1-4-17-10-7-11-18-16-13-8-5-6-9-14(13)19-15(20-16)12-21(2)3;1-12-9(11)8-4-2-3-7(5-8)6-10/h5-6,8-9,17H,4,7,10-12H2,1-3H3,(H,18,19,20);2-6H,1H3. The predicted octanol–water partition coefficient (Wildman–Crippen LogP) is 3.39. The minimum absolute atomic E-state index is 0.391. The summed E-state index contributed by atoms with van der Waals surface area (Å²) < 4.78 is 4.48. The average Bonchev–Trinajstić information content (AvgIpc) is 2.83. The zero-order valence-corrected chi connectivity index (χ0v) is 19.8. The van der Waals surface area contributed by atoms with E-state index in [9.17, 15) is 9.59 Å². The highest BCUT2D eigenvalue weighted by Gasteiger charge is 2.08. The largest absolute Gasteiger partial charge is 0.465 e. The van der Waals surface area contributed by atoms with Gasteiger partial charge in [-0.1, -0.05) is 31.2 Å². The van der Waals surface area contributed by atoms with Crippen molar-refractivity contribution in [3.05, 3.63) is 65.5 Å². The van der Waals surface area contributed by atoms with Gasteiger partial charge in [-0.15, -0.1) is 0 Å². The number of anilines is 1. The summed E-state index contributed by atoms with van der Waals surface area (Å²) in [4.78, 5) is 32.6. The van der Waals surface area contributed by atoms with Crippen LogP contribution in [0.4, 0.5) is 5.82 Å². The van der Waals surface area contributed by atoms with Crippen LogP contribution in [0.3, 0.4) is 0 Å². The number of carbonyl (C=O) groups is 2. The Kier molecular flexibility index (Phi) is 10.9. The van der Waals surface area contributed by atoms with E-state index in [0.717, 1.165) is 55.1 Å². The lowest BCUT2D eigenvalue weighted by atomic mass is 10.1. The Morgan fingerprint density at radius 1 is 1.09 bits per heavy atom. The maximum atomic E-state index is 10.9. The molecule has 8 nitrogen and oxygen atoms in total. The number of nitrogens with zero attached hydrogens (tertiary/aromatic N) is 3. The van der Waals surface area contributed by atoms with E-state index >= 15 is 0 Å². The number of esters is 1. The third-order valence-electron chi connectivity index (χ3n) is 4.62. The van der Waals surface area contributed by atoms with Gasteiger partial charge in [0.2, 0.25) is 0 Å². The fraction of sp³-hybridized carbons (Fsp3) is 0.360. The summed E-state index contributed by atoms with van der Waals surface area (Å²) in [7, 11) is 5.36. The lowest BCUT2D eigenvalue weighted by Crippen LogP contribution is -2.18. The number of nitrogens with one attached hydrogen (secondary N) is 2.